The fourth-order valence-electron chi connectivity index (χ4n) is 0.214. The summed E-state index contributed by atoms with van der Waals surface area (Å²) in [6.07, 6.45) is 0. The normalized spacial score (nSPS) is 25.8. The zero-order chi connectivity index (χ0) is 4.41. The summed E-state index contributed by atoms with van der Waals surface area (Å²) < 4.78 is 7.18. The number of rotatable bonds is 1. The average molecular weight is 215 g/mol. The molecule has 0 aliphatic carbocycles. The van der Waals surface area contributed by atoms with Gasteiger partial charge in [-0.15, -0.1) is 0 Å². The van der Waals surface area contributed by atoms with Crippen molar-refractivity contribution in [2.75, 3.05) is 15.9 Å². The average Bonchev–Trinajstić information content (AvgIpc) is 2.21. The topological polar surface area (TPSA) is 12.4 Å². The molecule has 0 radical (unpaired) electrons. The van der Waals surface area contributed by atoms with Crippen molar-refractivity contribution in [3.8, 4) is 0 Å². The van der Waals surface area contributed by atoms with Gasteiger partial charge in [-0.3, -0.25) is 0 Å². The van der Waals surface area contributed by atoms with Crippen LogP contribution in [0.25, 0.3) is 0 Å². The van der Waals surface area contributed by atoms with Gasteiger partial charge in [0.25, 0.3) is 0 Å². The molecule has 0 atom stereocenters. The summed E-state index contributed by atoms with van der Waals surface area (Å²) in [6, 6.07) is 1.47. The summed E-state index contributed by atoms with van der Waals surface area (Å²) in [5, 5.41) is 0. The van der Waals surface area contributed by atoms with E-state index in [-0.39, 0.29) is 19.3 Å². The molecule has 0 aromatic carbocycles. The van der Waals surface area contributed by atoms with E-state index in [1.54, 1.807) is 8.86 Å². The minimum absolute atomic E-state index is 0.252. The molecule has 1 aliphatic heterocycles. The van der Waals surface area contributed by atoms with Crippen molar-refractivity contribution in [2.24, 2.45) is 4.74 Å². The molecule has 0 N–H and O–H groups in total. The van der Waals surface area contributed by atoms with Gasteiger partial charge >= 0.3 is 45.9 Å². The Kier molecular flexibility index (Phi) is 1.84. The first kappa shape index (κ1) is 4.98. The van der Waals surface area contributed by atoms with Gasteiger partial charge in [0, 0.05) is 0 Å². The number of nitrogens with zero attached hydrogens (tertiary/aromatic N) is 1. The molecule has 1 rings (SSSR count). The maximum atomic E-state index is 4.04. The van der Waals surface area contributed by atoms with Gasteiger partial charge in [-0.25, -0.2) is 0 Å². The maximum absolute atomic E-state index is 4.04. The summed E-state index contributed by atoms with van der Waals surface area (Å²) in [7, 11) is 1.91. The van der Waals surface area contributed by atoms with Crippen molar-refractivity contribution in [3.05, 3.63) is 0 Å². The molecule has 1 heterocycles. The number of hydrogen-bond donors (Lipinski definition) is 0. The Morgan fingerprint density at radius 2 is 2.33 bits per heavy atom. The SMILES string of the molecule is CN=PI1CC1. The zero-order valence-corrected chi connectivity index (χ0v) is 6.74. The second kappa shape index (κ2) is 2.22. The van der Waals surface area contributed by atoms with Gasteiger partial charge in [-0.2, -0.15) is 0 Å². The fraction of sp³-hybridized carbons (Fsp3) is 1.00. The first-order chi connectivity index (χ1) is 2.93. The van der Waals surface area contributed by atoms with Gasteiger partial charge in [-0.05, 0) is 0 Å². The van der Waals surface area contributed by atoms with Gasteiger partial charge < -0.3 is 0 Å². The van der Waals surface area contributed by atoms with Crippen LogP contribution in [0.15, 0.2) is 4.74 Å². The van der Waals surface area contributed by atoms with Crippen LogP contribution in [0.1, 0.15) is 0 Å². The van der Waals surface area contributed by atoms with E-state index in [0.717, 1.165) is 0 Å². The molecule has 0 aromatic heterocycles. The van der Waals surface area contributed by atoms with E-state index in [4.69, 9.17) is 0 Å². The predicted octanol–water partition coefficient (Wildman–Crippen LogP) is 2.18. The van der Waals surface area contributed by atoms with Crippen LogP contribution < -0.4 is 0 Å². The van der Waals surface area contributed by atoms with Crippen molar-refractivity contribution in [2.45, 2.75) is 0 Å². The van der Waals surface area contributed by atoms with Crippen LogP contribution in [-0.4, -0.2) is 15.9 Å². The summed E-state index contributed by atoms with van der Waals surface area (Å²) in [4.78, 5) is 0. The Morgan fingerprint density at radius 1 is 1.67 bits per heavy atom. The van der Waals surface area contributed by atoms with Gasteiger partial charge in [0.1, 0.15) is 0 Å². The zero-order valence-electron chi connectivity index (χ0n) is 3.69. The Bertz CT molecular complexity index is 69.2. The van der Waals surface area contributed by atoms with Crippen LogP contribution in [0.5, 0.6) is 0 Å². The third-order valence-electron chi connectivity index (χ3n) is 0.541. The molecule has 3 heteroatoms. The van der Waals surface area contributed by atoms with Crippen LogP contribution >= 0.6 is 25.3 Å². The Balaban J connectivity index is 2.15. The van der Waals surface area contributed by atoms with Crippen molar-refractivity contribution >= 4 is 25.3 Å². The Morgan fingerprint density at radius 3 is 2.50 bits per heavy atom. The second-order valence-electron chi connectivity index (χ2n) is 1.08. The second-order valence-corrected chi connectivity index (χ2v) is 10.7. The third kappa shape index (κ3) is 1.52. The molecule has 0 amide bonds. The summed E-state index contributed by atoms with van der Waals surface area (Å²) in [6.45, 7) is 0. The predicted molar refractivity (Wildman–Crippen MR) is 39.0 cm³/mol. The van der Waals surface area contributed by atoms with Gasteiger partial charge in [-0.1, -0.05) is 0 Å². The summed E-state index contributed by atoms with van der Waals surface area (Å²) in [5.74, 6) is 0. The molecule has 6 heavy (non-hydrogen) atoms. The van der Waals surface area contributed by atoms with Crippen molar-refractivity contribution in [1.29, 1.82) is 0 Å². The third-order valence-corrected chi connectivity index (χ3v) is 8.34. The van der Waals surface area contributed by atoms with E-state index in [1.807, 2.05) is 7.05 Å². The number of halogens is 1. The molecule has 36 valence electrons. The van der Waals surface area contributed by atoms with E-state index in [9.17, 15) is 0 Å². The Hall–Kier alpha value is 0.830. The van der Waals surface area contributed by atoms with Gasteiger partial charge in [0.2, 0.25) is 0 Å². The number of alkyl halides is 2. The molecule has 0 aromatic rings. The summed E-state index contributed by atoms with van der Waals surface area (Å²) in [5.41, 5.74) is 0. The molecule has 1 fully saturated rings. The monoisotopic (exact) mass is 215 g/mol. The van der Waals surface area contributed by atoms with E-state index in [1.165, 1.54) is 6.02 Å². The van der Waals surface area contributed by atoms with E-state index in [2.05, 4.69) is 4.74 Å². The van der Waals surface area contributed by atoms with Crippen LogP contribution in [0.3, 0.4) is 0 Å². The van der Waals surface area contributed by atoms with Crippen molar-refractivity contribution in [3.63, 3.8) is 0 Å². The first-order valence-electron chi connectivity index (χ1n) is 1.85. The van der Waals surface area contributed by atoms with Gasteiger partial charge in [0.05, 0.1) is 0 Å². The molecular formula is C3H7INP. The standard InChI is InChI=1S/C3H7INP/c1-5-6-4-2-3-4/h2-3H2,1H3. The van der Waals surface area contributed by atoms with Crippen molar-refractivity contribution < 1.29 is 0 Å². The molecule has 1 aliphatic rings. The summed E-state index contributed by atoms with van der Waals surface area (Å²) >= 11 is -0.252. The minimum atomic E-state index is -0.252. The molecular weight excluding hydrogens is 208 g/mol. The molecule has 0 saturated carbocycles. The molecule has 0 bridgehead atoms. The van der Waals surface area contributed by atoms with Crippen LogP contribution in [0.2, 0.25) is 0 Å². The quantitative estimate of drug-likeness (QED) is 0.361. The van der Waals surface area contributed by atoms with Crippen molar-refractivity contribution in [1.82, 2.24) is 0 Å². The molecule has 0 unspecified atom stereocenters. The van der Waals surface area contributed by atoms with E-state index >= 15 is 0 Å². The fourth-order valence-corrected chi connectivity index (χ4v) is 7.99. The van der Waals surface area contributed by atoms with Crippen LogP contribution in [0.4, 0.5) is 0 Å². The van der Waals surface area contributed by atoms with Gasteiger partial charge in [0.15, 0.2) is 0 Å². The number of hydrogen-bond acceptors (Lipinski definition) is 1. The molecule has 1 saturated heterocycles. The first-order valence-corrected chi connectivity index (χ1v) is 8.53. The van der Waals surface area contributed by atoms with E-state index in [0.29, 0.717) is 0 Å². The molecule has 1 nitrogen and oxygen atoms in total. The van der Waals surface area contributed by atoms with Crippen LogP contribution in [-0.2, 0) is 0 Å². The molecule has 0 spiro atoms. The Labute approximate surface area is 46.1 Å². The van der Waals surface area contributed by atoms with E-state index < -0.39 is 0 Å². The van der Waals surface area contributed by atoms with Crippen LogP contribution in [0, 0.1) is 0 Å².